The highest BCUT2D eigenvalue weighted by Gasteiger charge is 2.43. The van der Waals surface area contributed by atoms with Crippen LogP contribution in [0.4, 0.5) is 4.79 Å². The lowest BCUT2D eigenvalue weighted by atomic mass is 9.85. The molecule has 0 aliphatic carbocycles. The van der Waals surface area contributed by atoms with Gasteiger partial charge in [-0.05, 0) is 35.2 Å². The van der Waals surface area contributed by atoms with Gasteiger partial charge in [0.05, 0.1) is 12.6 Å². The van der Waals surface area contributed by atoms with E-state index in [2.05, 4.69) is 0 Å². The minimum Gasteiger partial charge on any atom is -0.438 e. The van der Waals surface area contributed by atoms with Gasteiger partial charge in [0.1, 0.15) is 5.60 Å². The quantitative estimate of drug-likeness (QED) is 0.519. The number of aromatic nitrogens is 1. The molecule has 1 fully saturated rings. The summed E-state index contributed by atoms with van der Waals surface area (Å²) < 4.78 is 13.0. The average molecular weight is 447 g/mol. The van der Waals surface area contributed by atoms with Crippen molar-refractivity contribution in [3.63, 3.8) is 0 Å². The van der Waals surface area contributed by atoms with Crippen molar-refractivity contribution in [1.82, 2.24) is 9.47 Å². The highest BCUT2D eigenvalue weighted by atomic mass is 16.6. The molecule has 0 N–H and O–H groups in total. The standard InChI is InChI=1S/C27H30N2O4/c1-20(21-9-11-22(12-10-21)23-13-16-28(2)25(30)19-23)29-17-14-27(15-18-32-3,33-26(29)31)24-7-5-4-6-8-24/h4-13,16,19-20H,14-15,17-18H2,1-3H3/t20-,27-/m0/s1. The van der Waals surface area contributed by atoms with Gasteiger partial charge in [0.25, 0.3) is 5.56 Å². The molecule has 33 heavy (non-hydrogen) atoms. The normalized spacial score (nSPS) is 19.2. The molecule has 172 valence electrons. The number of rotatable bonds is 7. The van der Waals surface area contributed by atoms with Crippen molar-refractivity contribution in [2.24, 2.45) is 7.05 Å². The summed E-state index contributed by atoms with van der Waals surface area (Å²) in [5.74, 6) is 0. The minimum atomic E-state index is -0.673. The first-order valence-electron chi connectivity index (χ1n) is 11.2. The number of nitrogens with zero attached hydrogens (tertiary/aromatic N) is 2. The maximum atomic E-state index is 13.1. The zero-order valence-electron chi connectivity index (χ0n) is 19.4. The zero-order valence-corrected chi connectivity index (χ0v) is 19.4. The Hall–Kier alpha value is -3.38. The lowest BCUT2D eigenvalue weighted by molar-refractivity contribution is -0.0743. The monoisotopic (exact) mass is 446 g/mol. The summed E-state index contributed by atoms with van der Waals surface area (Å²) in [6.45, 7) is 3.12. The number of ether oxygens (including phenoxy) is 2. The number of amides is 1. The molecule has 0 saturated carbocycles. The summed E-state index contributed by atoms with van der Waals surface area (Å²) in [6, 6.07) is 21.3. The lowest BCUT2D eigenvalue weighted by Gasteiger charge is -2.43. The van der Waals surface area contributed by atoms with Crippen LogP contribution in [0.3, 0.4) is 0 Å². The fourth-order valence-electron chi connectivity index (χ4n) is 4.42. The Kier molecular flexibility index (Phi) is 6.65. The van der Waals surface area contributed by atoms with Crippen LogP contribution in [-0.4, -0.2) is 35.8 Å². The van der Waals surface area contributed by atoms with E-state index < -0.39 is 5.60 Å². The summed E-state index contributed by atoms with van der Waals surface area (Å²) >= 11 is 0. The number of benzene rings is 2. The van der Waals surface area contributed by atoms with Crippen molar-refractivity contribution >= 4 is 6.09 Å². The Morgan fingerprint density at radius 1 is 1.03 bits per heavy atom. The summed E-state index contributed by atoms with van der Waals surface area (Å²) in [6.07, 6.45) is 2.76. The van der Waals surface area contributed by atoms with Crippen LogP contribution in [-0.2, 0) is 22.1 Å². The van der Waals surface area contributed by atoms with E-state index in [-0.39, 0.29) is 17.7 Å². The smallest absolute Gasteiger partial charge is 0.411 e. The molecular weight excluding hydrogens is 416 g/mol. The third-order valence-corrected chi connectivity index (χ3v) is 6.58. The van der Waals surface area contributed by atoms with Gasteiger partial charge in [0.2, 0.25) is 0 Å². The first kappa shape index (κ1) is 22.8. The summed E-state index contributed by atoms with van der Waals surface area (Å²) in [7, 11) is 3.39. The summed E-state index contributed by atoms with van der Waals surface area (Å²) in [5, 5.41) is 0. The van der Waals surface area contributed by atoms with Crippen LogP contribution in [0.5, 0.6) is 0 Å². The third kappa shape index (κ3) is 4.71. The number of pyridine rings is 1. The van der Waals surface area contributed by atoms with Gasteiger partial charge >= 0.3 is 6.09 Å². The van der Waals surface area contributed by atoms with Crippen LogP contribution in [0.15, 0.2) is 77.7 Å². The largest absolute Gasteiger partial charge is 0.438 e. The number of carbonyl (C=O) groups is 1. The maximum Gasteiger partial charge on any atom is 0.411 e. The lowest BCUT2D eigenvalue weighted by Crippen LogP contribution is -2.49. The molecule has 1 aliphatic rings. The van der Waals surface area contributed by atoms with Crippen LogP contribution in [0.2, 0.25) is 0 Å². The number of hydrogen-bond acceptors (Lipinski definition) is 4. The molecule has 1 aliphatic heterocycles. The van der Waals surface area contributed by atoms with Gasteiger partial charge < -0.3 is 18.9 Å². The van der Waals surface area contributed by atoms with Crippen molar-refractivity contribution in [1.29, 1.82) is 0 Å². The fourth-order valence-corrected chi connectivity index (χ4v) is 4.42. The molecule has 3 aromatic rings. The number of aryl methyl sites for hydroxylation is 1. The molecule has 2 aromatic carbocycles. The van der Waals surface area contributed by atoms with Gasteiger partial charge in [-0.15, -0.1) is 0 Å². The second kappa shape index (κ2) is 9.63. The first-order chi connectivity index (χ1) is 15.9. The van der Waals surface area contributed by atoms with Gasteiger partial charge in [-0.3, -0.25) is 4.79 Å². The van der Waals surface area contributed by atoms with Gasteiger partial charge in [-0.1, -0.05) is 54.6 Å². The van der Waals surface area contributed by atoms with Crippen molar-refractivity contribution in [2.75, 3.05) is 20.3 Å². The van der Waals surface area contributed by atoms with E-state index in [0.29, 0.717) is 26.0 Å². The van der Waals surface area contributed by atoms with Gasteiger partial charge in [-0.2, -0.15) is 0 Å². The van der Waals surface area contributed by atoms with Gasteiger partial charge in [-0.25, -0.2) is 4.79 Å². The number of hydrogen-bond donors (Lipinski definition) is 0. The summed E-state index contributed by atoms with van der Waals surface area (Å²) in [5.41, 5.74) is 3.14. The number of methoxy groups -OCH3 is 1. The van der Waals surface area contributed by atoms with E-state index >= 15 is 0 Å². The van der Waals surface area contributed by atoms with Crippen LogP contribution >= 0.6 is 0 Å². The van der Waals surface area contributed by atoms with Crippen LogP contribution in [0.25, 0.3) is 11.1 Å². The number of cyclic esters (lactones) is 1. The highest BCUT2D eigenvalue weighted by molar-refractivity contribution is 5.70. The molecule has 0 unspecified atom stereocenters. The Bertz CT molecular complexity index is 1160. The predicted molar refractivity (Wildman–Crippen MR) is 128 cm³/mol. The van der Waals surface area contributed by atoms with E-state index in [9.17, 15) is 9.59 Å². The molecule has 4 rings (SSSR count). The Morgan fingerprint density at radius 3 is 2.39 bits per heavy atom. The fraction of sp³-hybridized carbons (Fsp3) is 0.333. The molecule has 0 spiro atoms. The van der Waals surface area contributed by atoms with E-state index in [1.807, 2.05) is 67.6 Å². The molecular formula is C27H30N2O4. The predicted octanol–water partition coefficient (Wildman–Crippen LogP) is 4.89. The van der Waals surface area contributed by atoms with Crippen LogP contribution < -0.4 is 5.56 Å². The first-order valence-corrected chi connectivity index (χ1v) is 11.2. The van der Waals surface area contributed by atoms with Crippen molar-refractivity contribution in [3.05, 3.63) is 94.4 Å². The second-order valence-electron chi connectivity index (χ2n) is 8.58. The third-order valence-electron chi connectivity index (χ3n) is 6.58. The SMILES string of the molecule is COCC[C@]1(c2ccccc2)CCN([C@@H](C)c2ccc(-c3ccn(C)c(=O)c3)cc2)C(=O)O1. The molecule has 6 heteroatoms. The van der Waals surface area contributed by atoms with Crippen molar-refractivity contribution in [2.45, 2.75) is 31.4 Å². The van der Waals surface area contributed by atoms with Gasteiger partial charge in [0.15, 0.2) is 0 Å². The molecule has 2 heterocycles. The van der Waals surface area contributed by atoms with Gasteiger partial charge in [0, 0.05) is 45.8 Å². The van der Waals surface area contributed by atoms with E-state index in [1.54, 1.807) is 35.9 Å². The molecule has 0 bridgehead atoms. The van der Waals surface area contributed by atoms with E-state index in [1.165, 1.54) is 0 Å². The molecule has 0 radical (unpaired) electrons. The molecule has 1 saturated heterocycles. The summed E-state index contributed by atoms with van der Waals surface area (Å²) in [4.78, 5) is 26.9. The second-order valence-corrected chi connectivity index (χ2v) is 8.58. The average Bonchev–Trinajstić information content (AvgIpc) is 2.85. The van der Waals surface area contributed by atoms with Crippen molar-refractivity contribution in [3.8, 4) is 11.1 Å². The Morgan fingerprint density at radius 2 is 1.76 bits per heavy atom. The zero-order chi connectivity index (χ0) is 23.4. The van der Waals surface area contributed by atoms with Crippen LogP contribution in [0, 0.1) is 0 Å². The molecule has 1 aromatic heterocycles. The Balaban J connectivity index is 1.51. The van der Waals surface area contributed by atoms with E-state index in [0.717, 1.165) is 22.3 Å². The topological polar surface area (TPSA) is 60.8 Å². The molecule has 1 amide bonds. The van der Waals surface area contributed by atoms with Crippen LogP contribution in [0.1, 0.15) is 36.9 Å². The minimum absolute atomic E-state index is 0.0450. The van der Waals surface area contributed by atoms with E-state index in [4.69, 9.17) is 9.47 Å². The van der Waals surface area contributed by atoms with Crippen molar-refractivity contribution < 1.29 is 14.3 Å². The molecule has 6 nitrogen and oxygen atoms in total. The maximum absolute atomic E-state index is 13.1. The number of carbonyl (C=O) groups excluding carboxylic acids is 1. The highest BCUT2D eigenvalue weighted by Crippen LogP contribution is 2.39. The molecule has 2 atom stereocenters. The Labute approximate surface area is 194 Å².